The highest BCUT2D eigenvalue weighted by Crippen LogP contribution is 2.69. The number of esters is 1. The molecule has 0 spiro atoms. The van der Waals surface area contributed by atoms with Gasteiger partial charge in [-0.25, -0.2) is 9.59 Å². The first-order valence-electron chi connectivity index (χ1n) is 15.4. The van der Waals surface area contributed by atoms with E-state index < -0.39 is 5.60 Å². The van der Waals surface area contributed by atoms with Crippen molar-refractivity contribution in [2.45, 2.75) is 96.2 Å². The molecule has 5 rings (SSSR count). The van der Waals surface area contributed by atoms with Crippen LogP contribution in [0.5, 0.6) is 0 Å². The van der Waals surface area contributed by atoms with Crippen LogP contribution in [0.15, 0.2) is 24.3 Å². The Kier molecular flexibility index (Phi) is 8.23. The Morgan fingerprint density at radius 2 is 1.79 bits per heavy atom. The van der Waals surface area contributed by atoms with E-state index in [0.717, 1.165) is 83.0 Å². The minimum Gasteiger partial charge on any atom is -0.466 e. The van der Waals surface area contributed by atoms with Crippen molar-refractivity contribution in [3.05, 3.63) is 24.3 Å². The van der Waals surface area contributed by atoms with Gasteiger partial charge in [-0.2, -0.15) is 0 Å². The summed E-state index contributed by atoms with van der Waals surface area (Å²) in [7, 11) is 1.38. The van der Waals surface area contributed by atoms with E-state index in [-0.39, 0.29) is 40.8 Å². The molecule has 1 aliphatic heterocycles. The number of allylic oxidation sites excluding steroid dienone is 2. The number of carbonyl (C=O) groups excluding carboxylic acids is 2. The zero-order chi connectivity index (χ0) is 27.8. The van der Waals surface area contributed by atoms with Gasteiger partial charge in [0.05, 0.1) is 12.7 Å². The smallest absolute Gasteiger partial charge is 0.407 e. The van der Waals surface area contributed by atoms with E-state index in [1.165, 1.54) is 26.0 Å². The third-order valence-corrected chi connectivity index (χ3v) is 12.1. The average molecular weight is 543 g/mol. The number of rotatable bonds is 7. The van der Waals surface area contributed by atoms with E-state index >= 15 is 0 Å². The average Bonchev–Trinajstić information content (AvgIpc) is 3.53. The Labute approximate surface area is 234 Å². The Morgan fingerprint density at radius 3 is 2.54 bits per heavy atom. The van der Waals surface area contributed by atoms with Crippen molar-refractivity contribution in [3.8, 4) is 0 Å². The zero-order valence-electron chi connectivity index (χ0n) is 24.4. The number of methoxy groups -OCH3 is 1. The second kappa shape index (κ2) is 11.2. The van der Waals surface area contributed by atoms with Crippen LogP contribution in [0, 0.1) is 34.5 Å². The van der Waals surface area contributed by atoms with E-state index in [4.69, 9.17) is 9.47 Å². The van der Waals surface area contributed by atoms with Gasteiger partial charge in [-0.05, 0) is 113 Å². The van der Waals surface area contributed by atoms with Crippen LogP contribution in [0.25, 0.3) is 0 Å². The topological polar surface area (TPSA) is 88.1 Å². The molecule has 0 aromatic carbocycles. The van der Waals surface area contributed by atoms with Crippen molar-refractivity contribution in [2.75, 3.05) is 33.3 Å². The molecule has 0 unspecified atom stereocenters. The van der Waals surface area contributed by atoms with Crippen LogP contribution in [-0.4, -0.2) is 67.1 Å². The van der Waals surface area contributed by atoms with Crippen LogP contribution in [0.4, 0.5) is 4.79 Å². The second-order valence-corrected chi connectivity index (χ2v) is 13.7. The van der Waals surface area contributed by atoms with Crippen molar-refractivity contribution in [2.24, 2.45) is 34.5 Å². The molecule has 0 bridgehead atoms. The van der Waals surface area contributed by atoms with Gasteiger partial charge in [-0.15, -0.1) is 0 Å². The lowest BCUT2D eigenvalue weighted by Gasteiger charge is -2.63. The number of nitrogens with zero attached hydrogens (tertiary/aromatic N) is 1. The molecular formula is C32H50N2O5. The molecule has 7 heteroatoms. The summed E-state index contributed by atoms with van der Waals surface area (Å²) in [5, 5.41) is 15.4. The molecule has 8 atom stereocenters. The highest BCUT2D eigenvalue weighted by molar-refractivity contribution is 5.82. The maximum atomic E-state index is 12.5. The van der Waals surface area contributed by atoms with Gasteiger partial charge in [-0.3, -0.25) is 0 Å². The Morgan fingerprint density at radius 1 is 1.03 bits per heavy atom. The number of fused-ring (bicyclic) bond motifs is 5. The van der Waals surface area contributed by atoms with Crippen LogP contribution in [0.3, 0.4) is 0 Å². The largest absolute Gasteiger partial charge is 0.466 e. The van der Waals surface area contributed by atoms with E-state index in [9.17, 15) is 14.7 Å². The van der Waals surface area contributed by atoms with Gasteiger partial charge >= 0.3 is 12.1 Å². The first kappa shape index (κ1) is 28.7. The van der Waals surface area contributed by atoms with Gasteiger partial charge in [0.25, 0.3) is 0 Å². The molecule has 39 heavy (non-hydrogen) atoms. The highest BCUT2D eigenvalue weighted by atomic mass is 16.6. The summed E-state index contributed by atoms with van der Waals surface area (Å²) in [5.41, 5.74) is 0.154. The van der Waals surface area contributed by atoms with Crippen LogP contribution in [0.2, 0.25) is 0 Å². The van der Waals surface area contributed by atoms with Crippen LogP contribution < -0.4 is 5.32 Å². The minimum atomic E-state index is -0.709. The number of carbonyl (C=O) groups is 2. The third kappa shape index (κ3) is 5.18. The number of alkyl carbamates (subject to hydrolysis) is 1. The lowest BCUT2D eigenvalue weighted by atomic mass is 9.43. The summed E-state index contributed by atoms with van der Waals surface area (Å²) in [5.74, 6) is 1.10. The Bertz CT molecular complexity index is 976. The SMILES string of the molecule is C=C(/C=C\C(=O)OC)[C@H]1CC[C@]2(O)[C@@H]3CC[C@@H]4C[C@@H](OC(=O)NCCN5CCCC5)CC[C@]4(C)[C@H]3CC[C@]12C. The van der Waals surface area contributed by atoms with E-state index in [1.807, 2.05) is 0 Å². The van der Waals surface area contributed by atoms with Crippen LogP contribution in [-0.2, 0) is 14.3 Å². The predicted octanol–water partition coefficient (Wildman–Crippen LogP) is 5.24. The fourth-order valence-corrected chi connectivity index (χ4v) is 9.76. The fraction of sp³-hybridized carbons (Fsp3) is 0.812. The molecule has 1 amide bonds. The molecule has 5 fully saturated rings. The number of aliphatic hydroxyl groups is 1. The molecule has 0 aromatic heterocycles. The number of likely N-dealkylation sites (tertiary alicyclic amines) is 1. The zero-order valence-corrected chi connectivity index (χ0v) is 24.4. The van der Waals surface area contributed by atoms with Crippen LogP contribution >= 0.6 is 0 Å². The van der Waals surface area contributed by atoms with Crippen molar-refractivity contribution in [3.63, 3.8) is 0 Å². The van der Waals surface area contributed by atoms with Crippen molar-refractivity contribution >= 4 is 12.1 Å². The number of hydrogen-bond donors (Lipinski definition) is 2. The molecular weight excluding hydrogens is 492 g/mol. The Balaban J connectivity index is 1.19. The molecule has 7 nitrogen and oxygen atoms in total. The van der Waals surface area contributed by atoms with Gasteiger partial charge in [0.1, 0.15) is 6.10 Å². The minimum absolute atomic E-state index is 0.0101. The van der Waals surface area contributed by atoms with Gasteiger partial charge in [0, 0.05) is 24.6 Å². The standard InChI is InChI=1S/C32H50N2O5/c1-22(7-10-28(35)38-4)25-13-16-32(37)27-9-8-23-21-24(39-29(36)33-17-20-34-18-5-6-19-34)11-14-30(23,2)26(27)12-15-31(25,32)3/h7,10,23-27,37H,1,5-6,8-9,11-21H2,2-4H3,(H,33,36)/b10-7-/t23-,24+,25-,26+,27-,30+,31-,32+/m1/s1. The maximum Gasteiger partial charge on any atom is 0.407 e. The van der Waals surface area contributed by atoms with Crippen LogP contribution in [0.1, 0.15) is 84.5 Å². The first-order valence-corrected chi connectivity index (χ1v) is 15.4. The van der Waals surface area contributed by atoms with Crippen molar-refractivity contribution < 1.29 is 24.2 Å². The lowest BCUT2D eigenvalue weighted by Crippen LogP contribution is -2.62. The summed E-state index contributed by atoms with van der Waals surface area (Å²) in [6, 6.07) is 0. The van der Waals surface area contributed by atoms with Gasteiger partial charge < -0.3 is 24.8 Å². The molecule has 0 radical (unpaired) electrons. The number of nitrogens with one attached hydrogen (secondary N) is 1. The summed E-state index contributed by atoms with van der Waals surface area (Å²) in [6.07, 6.45) is 14.3. The van der Waals surface area contributed by atoms with Crippen molar-refractivity contribution in [1.82, 2.24) is 10.2 Å². The fourth-order valence-electron chi connectivity index (χ4n) is 9.76. The molecule has 4 aliphatic carbocycles. The number of ether oxygens (including phenoxy) is 2. The summed E-state index contributed by atoms with van der Waals surface area (Å²) in [4.78, 5) is 26.6. The van der Waals surface area contributed by atoms with Gasteiger partial charge in [-0.1, -0.05) is 32.1 Å². The molecule has 2 N–H and O–H groups in total. The molecule has 4 saturated carbocycles. The van der Waals surface area contributed by atoms with Gasteiger partial charge in [0.15, 0.2) is 0 Å². The summed E-state index contributed by atoms with van der Waals surface area (Å²) in [6.45, 7) is 12.9. The molecule has 5 aliphatic rings. The number of amides is 1. The number of hydrogen-bond acceptors (Lipinski definition) is 6. The van der Waals surface area contributed by atoms with E-state index in [1.54, 1.807) is 6.08 Å². The maximum absolute atomic E-state index is 12.5. The second-order valence-electron chi connectivity index (χ2n) is 13.7. The summed E-state index contributed by atoms with van der Waals surface area (Å²) >= 11 is 0. The molecule has 218 valence electrons. The quantitative estimate of drug-likeness (QED) is 0.260. The molecule has 1 heterocycles. The predicted molar refractivity (Wildman–Crippen MR) is 151 cm³/mol. The lowest BCUT2D eigenvalue weighted by molar-refractivity contribution is -0.207. The van der Waals surface area contributed by atoms with E-state index in [2.05, 4.69) is 30.6 Å². The molecule has 1 saturated heterocycles. The van der Waals surface area contributed by atoms with E-state index in [0.29, 0.717) is 18.4 Å². The van der Waals surface area contributed by atoms with Gasteiger partial charge in [0.2, 0.25) is 0 Å². The summed E-state index contributed by atoms with van der Waals surface area (Å²) < 4.78 is 10.7. The third-order valence-electron chi connectivity index (χ3n) is 12.1. The first-order chi connectivity index (χ1) is 18.6. The monoisotopic (exact) mass is 542 g/mol. The Hall–Kier alpha value is -1.86. The normalized spacial score (nSPS) is 41.9. The molecule has 0 aromatic rings. The highest BCUT2D eigenvalue weighted by Gasteiger charge is 2.67. The van der Waals surface area contributed by atoms with Crippen molar-refractivity contribution in [1.29, 1.82) is 0 Å².